The van der Waals surface area contributed by atoms with E-state index in [1.54, 1.807) is 0 Å². The maximum absolute atomic E-state index is 5.95. The Labute approximate surface area is 95.9 Å². The number of aryl methyl sites for hydroxylation is 2. The van der Waals surface area contributed by atoms with Crippen molar-refractivity contribution in [2.24, 2.45) is 0 Å². The molecule has 0 spiro atoms. The van der Waals surface area contributed by atoms with Crippen LogP contribution in [0, 0.1) is 13.8 Å². The number of aromatic nitrogens is 1. The van der Waals surface area contributed by atoms with E-state index in [-0.39, 0.29) is 17.5 Å². The molecule has 0 amide bonds. The Kier molecular flexibility index (Phi) is 2.40. The van der Waals surface area contributed by atoms with E-state index < -0.39 is 0 Å². The topological polar surface area (TPSA) is 44.5 Å². The van der Waals surface area contributed by atoms with Gasteiger partial charge in [0.2, 0.25) is 0 Å². The molecule has 1 saturated heterocycles. The fourth-order valence-electron chi connectivity index (χ4n) is 1.79. The lowest BCUT2D eigenvalue weighted by Crippen LogP contribution is -2.41. The molecule has 4 nitrogen and oxygen atoms in total. The van der Waals surface area contributed by atoms with Gasteiger partial charge in [-0.15, -0.1) is 0 Å². The second kappa shape index (κ2) is 3.31. The molecule has 4 heteroatoms. The SMILES string of the molecule is Cc1noc(C)c1C1OC(C)(C)C(C)(C)O1. The Morgan fingerprint density at radius 1 is 1.00 bits per heavy atom. The molecular formula is C12H19NO3. The molecule has 0 aliphatic carbocycles. The summed E-state index contributed by atoms with van der Waals surface area (Å²) < 4.78 is 17.0. The average Bonchev–Trinajstić information content (AvgIpc) is 2.52. The first-order valence-electron chi connectivity index (χ1n) is 5.53. The third-order valence-electron chi connectivity index (χ3n) is 3.58. The monoisotopic (exact) mass is 225 g/mol. The standard InChI is InChI=1S/C12H19NO3/c1-7-9(8(2)16-13-7)10-14-11(3,4)12(5,6)15-10/h10H,1-6H3. The zero-order valence-corrected chi connectivity index (χ0v) is 10.7. The summed E-state index contributed by atoms with van der Waals surface area (Å²) in [7, 11) is 0. The molecule has 2 rings (SSSR count). The third kappa shape index (κ3) is 1.57. The summed E-state index contributed by atoms with van der Waals surface area (Å²) in [5.41, 5.74) is 1.09. The van der Waals surface area contributed by atoms with Crippen LogP contribution in [0.1, 0.15) is 51.0 Å². The van der Waals surface area contributed by atoms with E-state index in [0.29, 0.717) is 0 Å². The molecule has 0 N–H and O–H groups in total. The van der Waals surface area contributed by atoms with Crippen molar-refractivity contribution < 1.29 is 14.0 Å². The zero-order valence-electron chi connectivity index (χ0n) is 10.7. The molecule has 0 bridgehead atoms. The van der Waals surface area contributed by atoms with Gasteiger partial charge in [-0.05, 0) is 41.5 Å². The highest BCUT2D eigenvalue weighted by Crippen LogP contribution is 2.45. The van der Waals surface area contributed by atoms with E-state index in [0.717, 1.165) is 17.0 Å². The second-order valence-corrected chi connectivity index (χ2v) is 5.33. The van der Waals surface area contributed by atoms with Crippen molar-refractivity contribution >= 4 is 0 Å². The summed E-state index contributed by atoms with van der Waals surface area (Å²) in [5, 5.41) is 3.92. The van der Waals surface area contributed by atoms with E-state index in [2.05, 4.69) is 5.16 Å². The third-order valence-corrected chi connectivity index (χ3v) is 3.58. The first-order chi connectivity index (χ1) is 7.24. The molecule has 2 heterocycles. The van der Waals surface area contributed by atoms with Crippen LogP contribution in [0.25, 0.3) is 0 Å². The molecule has 0 aromatic carbocycles. The maximum atomic E-state index is 5.95. The van der Waals surface area contributed by atoms with Crippen molar-refractivity contribution in [3.63, 3.8) is 0 Å². The molecular weight excluding hydrogens is 206 g/mol. The highest BCUT2D eigenvalue weighted by molar-refractivity contribution is 5.23. The van der Waals surface area contributed by atoms with Crippen LogP contribution in [-0.2, 0) is 9.47 Å². The van der Waals surface area contributed by atoms with Gasteiger partial charge in [0.05, 0.1) is 22.5 Å². The van der Waals surface area contributed by atoms with Crippen molar-refractivity contribution in [1.29, 1.82) is 0 Å². The Hall–Kier alpha value is -0.870. The van der Waals surface area contributed by atoms with E-state index >= 15 is 0 Å². The minimum atomic E-state index is -0.378. The molecule has 0 atom stereocenters. The predicted molar refractivity (Wildman–Crippen MR) is 59.0 cm³/mol. The largest absolute Gasteiger partial charge is 0.361 e. The number of hydrogen-bond acceptors (Lipinski definition) is 4. The molecule has 0 saturated carbocycles. The van der Waals surface area contributed by atoms with Gasteiger partial charge in [-0.1, -0.05) is 5.16 Å². The summed E-state index contributed by atoms with van der Waals surface area (Å²) in [6.07, 6.45) is -0.378. The van der Waals surface area contributed by atoms with Crippen LogP contribution in [0.3, 0.4) is 0 Å². The molecule has 1 fully saturated rings. The van der Waals surface area contributed by atoms with Gasteiger partial charge in [0, 0.05) is 0 Å². The number of ether oxygens (including phenoxy) is 2. The highest BCUT2D eigenvalue weighted by Gasteiger charge is 2.50. The molecule has 90 valence electrons. The summed E-state index contributed by atoms with van der Waals surface area (Å²) in [6.45, 7) is 11.9. The fourth-order valence-corrected chi connectivity index (χ4v) is 1.79. The van der Waals surface area contributed by atoms with Crippen molar-refractivity contribution in [2.75, 3.05) is 0 Å². The van der Waals surface area contributed by atoms with Gasteiger partial charge in [0.1, 0.15) is 5.76 Å². The molecule has 1 aliphatic rings. The number of hydrogen-bond donors (Lipinski definition) is 0. The van der Waals surface area contributed by atoms with E-state index in [1.807, 2.05) is 41.5 Å². The van der Waals surface area contributed by atoms with Crippen LogP contribution in [0.4, 0.5) is 0 Å². The highest BCUT2D eigenvalue weighted by atomic mass is 16.7. The van der Waals surface area contributed by atoms with Gasteiger partial charge in [-0.2, -0.15) is 0 Å². The van der Waals surface area contributed by atoms with Crippen LogP contribution in [0.15, 0.2) is 4.52 Å². The minimum Gasteiger partial charge on any atom is -0.361 e. The lowest BCUT2D eigenvalue weighted by atomic mass is 9.90. The van der Waals surface area contributed by atoms with Crippen molar-refractivity contribution in [2.45, 2.75) is 59.0 Å². The normalized spacial score (nSPS) is 23.9. The van der Waals surface area contributed by atoms with Gasteiger partial charge in [-0.25, -0.2) is 0 Å². The number of rotatable bonds is 1. The predicted octanol–water partition coefficient (Wildman–Crippen LogP) is 2.89. The van der Waals surface area contributed by atoms with Gasteiger partial charge in [0.15, 0.2) is 6.29 Å². The van der Waals surface area contributed by atoms with Crippen LogP contribution in [-0.4, -0.2) is 16.4 Å². The van der Waals surface area contributed by atoms with E-state index in [4.69, 9.17) is 14.0 Å². The van der Waals surface area contributed by atoms with Gasteiger partial charge in [0.25, 0.3) is 0 Å². The Morgan fingerprint density at radius 2 is 1.50 bits per heavy atom. The Balaban J connectivity index is 2.34. The lowest BCUT2D eigenvalue weighted by molar-refractivity contribution is -0.0906. The minimum absolute atomic E-state index is 0.326. The maximum Gasteiger partial charge on any atom is 0.190 e. The first kappa shape index (κ1) is 11.6. The summed E-state index contributed by atoms with van der Waals surface area (Å²) >= 11 is 0. The molecule has 1 aromatic heterocycles. The average molecular weight is 225 g/mol. The summed E-state index contributed by atoms with van der Waals surface area (Å²) in [4.78, 5) is 0. The second-order valence-electron chi connectivity index (χ2n) is 5.33. The Morgan fingerprint density at radius 3 is 1.88 bits per heavy atom. The van der Waals surface area contributed by atoms with Crippen molar-refractivity contribution in [3.05, 3.63) is 17.0 Å². The van der Waals surface area contributed by atoms with Crippen molar-refractivity contribution in [3.8, 4) is 0 Å². The van der Waals surface area contributed by atoms with Crippen LogP contribution >= 0.6 is 0 Å². The Bertz CT molecular complexity index is 371. The van der Waals surface area contributed by atoms with Crippen LogP contribution in [0.5, 0.6) is 0 Å². The molecule has 1 aromatic rings. The van der Waals surface area contributed by atoms with Crippen molar-refractivity contribution in [1.82, 2.24) is 5.16 Å². The van der Waals surface area contributed by atoms with Crippen LogP contribution in [0.2, 0.25) is 0 Å². The molecule has 0 radical (unpaired) electrons. The zero-order chi connectivity index (χ0) is 12.1. The first-order valence-corrected chi connectivity index (χ1v) is 5.53. The fraction of sp³-hybridized carbons (Fsp3) is 0.750. The molecule has 0 unspecified atom stereocenters. The molecule has 16 heavy (non-hydrogen) atoms. The van der Waals surface area contributed by atoms with E-state index in [1.165, 1.54) is 0 Å². The number of nitrogens with zero attached hydrogens (tertiary/aromatic N) is 1. The van der Waals surface area contributed by atoms with Gasteiger partial charge < -0.3 is 14.0 Å². The van der Waals surface area contributed by atoms with Gasteiger partial charge in [-0.3, -0.25) is 0 Å². The van der Waals surface area contributed by atoms with Crippen LogP contribution < -0.4 is 0 Å². The quantitative estimate of drug-likeness (QED) is 0.737. The summed E-state index contributed by atoms with van der Waals surface area (Å²) in [6, 6.07) is 0. The van der Waals surface area contributed by atoms with Gasteiger partial charge >= 0.3 is 0 Å². The van der Waals surface area contributed by atoms with E-state index in [9.17, 15) is 0 Å². The lowest BCUT2D eigenvalue weighted by Gasteiger charge is -2.30. The molecule has 1 aliphatic heterocycles. The summed E-state index contributed by atoms with van der Waals surface area (Å²) in [5.74, 6) is 0.760. The smallest absolute Gasteiger partial charge is 0.190 e.